The Morgan fingerprint density at radius 2 is 2.33 bits per heavy atom. The van der Waals surface area contributed by atoms with Crippen LogP contribution >= 0.6 is 0 Å². The Hall–Kier alpha value is -1.59. The highest BCUT2D eigenvalue weighted by atomic mass is 16.3. The Kier molecular flexibility index (Phi) is 3.84. The molecular weight excluding hydrogens is 228 g/mol. The summed E-state index contributed by atoms with van der Waals surface area (Å²) in [6.07, 6.45) is 5.60. The van der Waals surface area contributed by atoms with Crippen molar-refractivity contribution >= 4 is 0 Å². The predicted molar refractivity (Wildman–Crippen MR) is 69.9 cm³/mol. The molecule has 1 atom stereocenters. The number of furan rings is 1. The smallest absolute Gasteiger partial charge is 0.105 e. The molecule has 2 rings (SSSR count). The predicted octanol–water partition coefficient (Wildman–Crippen LogP) is 1.45. The number of likely N-dealkylation sites (N-methyl/N-ethyl adjacent to an activating group) is 1. The maximum atomic E-state index is 5.88. The van der Waals surface area contributed by atoms with E-state index in [9.17, 15) is 0 Å². The van der Waals surface area contributed by atoms with Gasteiger partial charge in [-0.2, -0.15) is 5.10 Å². The molecule has 0 aromatic carbocycles. The van der Waals surface area contributed by atoms with E-state index in [4.69, 9.17) is 10.2 Å². The molecule has 0 bridgehead atoms. The Morgan fingerprint density at radius 3 is 2.83 bits per heavy atom. The van der Waals surface area contributed by atoms with Crippen molar-refractivity contribution in [1.29, 1.82) is 0 Å². The molecule has 1 unspecified atom stereocenters. The molecule has 0 saturated carbocycles. The second-order valence-corrected chi connectivity index (χ2v) is 4.62. The molecule has 2 heterocycles. The molecule has 2 aromatic heterocycles. The third-order valence-corrected chi connectivity index (χ3v) is 3.25. The Bertz CT molecular complexity index is 503. The first-order valence-electron chi connectivity index (χ1n) is 6.03. The van der Waals surface area contributed by atoms with Crippen molar-refractivity contribution in [3.63, 3.8) is 0 Å². The summed E-state index contributed by atoms with van der Waals surface area (Å²) in [5, 5.41) is 4.20. The van der Waals surface area contributed by atoms with Crippen molar-refractivity contribution < 1.29 is 4.42 Å². The fraction of sp³-hybridized carbons (Fsp3) is 0.462. The Balaban J connectivity index is 2.11. The number of aryl methyl sites for hydroxylation is 2. The van der Waals surface area contributed by atoms with Crippen LogP contribution in [0.1, 0.15) is 22.9 Å². The van der Waals surface area contributed by atoms with Crippen molar-refractivity contribution in [2.75, 3.05) is 13.6 Å². The lowest BCUT2D eigenvalue weighted by Crippen LogP contribution is -2.30. The molecule has 5 nitrogen and oxygen atoms in total. The molecule has 2 aromatic rings. The van der Waals surface area contributed by atoms with Crippen LogP contribution in [0.4, 0.5) is 0 Å². The van der Waals surface area contributed by atoms with Gasteiger partial charge in [0, 0.05) is 37.5 Å². The molecule has 0 aliphatic carbocycles. The lowest BCUT2D eigenvalue weighted by Gasteiger charge is -2.25. The van der Waals surface area contributed by atoms with Gasteiger partial charge in [0.2, 0.25) is 0 Å². The SMILES string of the molecule is Cc1occc1CN(C)C(CN)c1cnn(C)c1. The summed E-state index contributed by atoms with van der Waals surface area (Å²) in [5.41, 5.74) is 8.22. The molecule has 0 amide bonds. The van der Waals surface area contributed by atoms with Gasteiger partial charge in [-0.15, -0.1) is 0 Å². The lowest BCUT2D eigenvalue weighted by molar-refractivity contribution is 0.240. The largest absolute Gasteiger partial charge is 0.469 e. The second-order valence-electron chi connectivity index (χ2n) is 4.62. The zero-order valence-electron chi connectivity index (χ0n) is 11.1. The summed E-state index contributed by atoms with van der Waals surface area (Å²) in [4.78, 5) is 2.22. The van der Waals surface area contributed by atoms with Gasteiger partial charge in [0.1, 0.15) is 5.76 Å². The van der Waals surface area contributed by atoms with E-state index in [-0.39, 0.29) is 6.04 Å². The molecule has 0 spiro atoms. The first kappa shape index (κ1) is 12.9. The van der Waals surface area contributed by atoms with E-state index in [0.717, 1.165) is 17.9 Å². The third-order valence-electron chi connectivity index (χ3n) is 3.25. The molecule has 0 fully saturated rings. The molecular formula is C13H20N4O. The maximum Gasteiger partial charge on any atom is 0.105 e. The molecule has 5 heteroatoms. The fourth-order valence-corrected chi connectivity index (χ4v) is 2.14. The minimum atomic E-state index is 0.174. The molecule has 18 heavy (non-hydrogen) atoms. The standard InChI is InChI=1S/C13H20N4O/c1-10-11(4-5-18-10)8-16(2)13(6-14)12-7-15-17(3)9-12/h4-5,7,9,13H,6,8,14H2,1-3H3. The minimum absolute atomic E-state index is 0.174. The molecule has 0 aliphatic heterocycles. The van der Waals surface area contributed by atoms with Gasteiger partial charge in [-0.3, -0.25) is 9.58 Å². The van der Waals surface area contributed by atoms with E-state index >= 15 is 0 Å². The maximum absolute atomic E-state index is 5.88. The van der Waals surface area contributed by atoms with Crippen LogP contribution in [-0.4, -0.2) is 28.3 Å². The highest BCUT2D eigenvalue weighted by molar-refractivity contribution is 5.17. The summed E-state index contributed by atoms with van der Waals surface area (Å²) >= 11 is 0. The zero-order chi connectivity index (χ0) is 13.1. The van der Waals surface area contributed by atoms with Crippen LogP contribution in [0, 0.1) is 6.92 Å². The van der Waals surface area contributed by atoms with Gasteiger partial charge in [-0.05, 0) is 20.0 Å². The van der Waals surface area contributed by atoms with Crippen LogP contribution in [0.15, 0.2) is 29.1 Å². The van der Waals surface area contributed by atoms with Crippen LogP contribution in [0.5, 0.6) is 0 Å². The summed E-state index contributed by atoms with van der Waals surface area (Å²) in [6.45, 7) is 3.36. The van der Waals surface area contributed by atoms with Gasteiger partial charge >= 0.3 is 0 Å². The van der Waals surface area contributed by atoms with Crippen molar-refractivity contribution in [1.82, 2.24) is 14.7 Å². The highest BCUT2D eigenvalue weighted by Crippen LogP contribution is 2.21. The summed E-state index contributed by atoms with van der Waals surface area (Å²) < 4.78 is 7.11. The molecule has 2 N–H and O–H groups in total. The number of hydrogen-bond donors (Lipinski definition) is 1. The van der Waals surface area contributed by atoms with E-state index in [1.807, 2.05) is 32.4 Å². The van der Waals surface area contributed by atoms with Crippen LogP contribution < -0.4 is 5.73 Å². The van der Waals surface area contributed by atoms with E-state index < -0.39 is 0 Å². The monoisotopic (exact) mass is 248 g/mol. The first-order chi connectivity index (χ1) is 8.61. The van der Waals surface area contributed by atoms with Gasteiger partial charge in [0.05, 0.1) is 18.5 Å². The quantitative estimate of drug-likeness (QED) is 0.870. The molecule has 0 aliphatic rings. The first-order valence-corrected chi connectivity index (χ1v) is 6.03. The number of aromatic nitrogens is 2. The topological polar surface area (TPSA) is 60.2 Å². The Labute approximate surface area is 107 Å². The van der Waals surface area contributed by atoms with Crippen molar-refractivity contribution in [2.24, 2.45) is 12.8 Å². The van der Waals surface area contributed by atoms with Crippen LogP contribution in [0.25, 0.3) is 0 Å². The van der Waals surface area contributed by atoms with Gasteiger partial charge in [0.25, 0.3) is 0 Å². The summed E-state index contributed by atoms with van der Waals surface area (Å²) in [7, 11) is 3.98. The summed E-state index contributed by atoms with van der Waals surface area (Å²) in [6, 6.07) is 2.18. The van der Waals surface area contributed by atoms with Crippen LogP contribution in [0.2, 0.25) is 0 Å². The van der Waals surface area contributed by atoms with Crippen molar-refractivity contribution in [2.45, 2.75) is 19.5 Å². The van der Waals surface area contributed by atoms with Gasteiger partial charge in [-0.1, -0.05) is 0 Å². The number of nitrogens with two attached hydrogens (primary N) is 1. The average Bonchev–Trinajstić information content (AvgIpc) is 2.91. The number of hydrogen-bond acceptors (Lipinski definition) is 4. The van der Waals surface area contributed by atoms with Gasteiger partial charge in [0.15, 0.2) is 0 Å². The number of rotatable bonds is 5. The van der Waals surface area contributed by atoms with Gasteiger partial charge in [-0.25, -0.2) is 0 Å². The van der Waals surface area contributed by atoms with Crippen LogP contribution in [0.3, 0.4) is 0 Å². The molecule has 98 valence electrons. The van der Waals surface area contributed by atoms with Gasteiger partial charge < -0.3 is 10.2 Å². The Morgan fingerprint density at radius 1 is 1.56 bits per heavy atom. The highest BCUT2D eigenvalue weighted by Gasteiger charge is 2.18. The normalized spacial score (nSPS) is 13.2. The van der Waals surface area contributed by atoms with Crippen molar-refractivity contribution in [3.05, 3.63) is 41.6 Å². The lowest BCUT2D eigenvalue weighted by atomic mass is 10.1. The molecule has 0 saturated heterocycles. The van der Waals surface area contributed by atoms with E-state index in [2.05, 4.69) is 17.0 Å². The third kappa shape index (κ3) is 2.63. The average molecular weight is 248 g/mol. The minimum Gasteiger partial charge on any atom is -0.469 e. The zero-order valence-corrected chi connectivity index (χ0v) is 11.1. The summed E-state index contributed by atoms with van der Waals surface area (Å²) in [5.74, 6) is 0.962. The van der Waals surface area contributed by atoms with E-state index in [0.29, 0.717) is 6.54 Å². The van der Waals surface area contributed by atoms with E-state index in [1.54, 1.807) is 10.9 Å². The molecule has 0 radical (unpaired) electrons. The van der Waals surface area contributed by atoms with Crippen molar-refractivity contribution in [3.8, 4) is 0 Å². The van der Waals surface area contributed by atoms with E-state index in [1.165, 1.54) is 5.56 Å². The number of nitrogens with zero attached hydrogens (tertiary/aromatic N) is 3. The fourth-order valence-electron chi connectivity index (χ4n) is 2.14. The second kappa shape index (κ2) is 5.37. The van der Waals surface area contributed by atoms with Crippen LogP contribution in [-0.2, 0) is 13.6 Å².